The molecule has 2 heterocycles. The van der Waals surface area contributed by atoms with Gasteiger partial charge in [0.25, 0.3) is 0 Å². The van der Waals surface area contributed by atoms with Crippen LogP contribution in [0.25, 0.3) is 16.8 Å². The molecular weight excluding hydrogens is 451 g/mol. The van der Waals surface area contributed by atoms with Crippen LogP contribution < -0.4 is 0 Å². The molecule has 33 heavy (non-hydrogen) atoms. The number of fused-ring (bicyclic) bond motifs is 1. The lowest BCUT2D eigenvalue weighted by Crippen LogP contribution is -2.18. The van der Waals surface area contributed by atoms with Crippen molar-refractivity contribution in [1.82, 2.24) is 9.38 Å². The van der Waals surface area contributed by atoms with Gasteiger partial charge in [-0.25, -0.2) is 4.98 Å². The first-order chi connectivity index (χ1) is 15.7. The third-order valence-electron chi connectivity index (χ3n) is 6.49. The minimum Gasteiger partial charge on any atom is -0.393 e. The Bertz CT molecular complexity index is 1170. The number of aromatic nitrogens is 2. The summed E-state index contributed by atoms with van der Waals surface area (Å²) in [5, 5.41) is 20.0. The summed E-state index contributed by atoms with van der Waals surface area (Å²) in [5.41, 5.74) is 2.75. The summed E-state index contributed by atoms with van der Waals surface area (Å²) < 4.78 is 39.8. The number of nitrogens with zero attached hydrogens (tertiary/aromatic N) is 3. The van der Waals surface area contributed by atoms with Gasteiger partial charge in [0, 0.05) is 23.0 Å². The van der Waals surface area contributed by atoms with Gasteiger partial charge in [-0.15, -0.1) is 0 Å². The van der Waals surface area contributed by atoms with Crippen LogP contribution in [0.1, 0.15) is 55.3 Å². The van der Waals surface area contributed by atoms with Gasteiger partial charge in [-0.1, -0.05) is 30.2 Å². The molecule has 2 aromatic heterocycles. The monoisotopic (exact) mass is 475 g/mol. The lowest BCUT2D eigenvalue weighted by molar-refractivity contribution is -0.127. The Balaban J connectivity index is 1.51. The van der Waals surface area contributed by atoms with Gasteiger partial charge in [-0.2, -0.15) is 18.4 Å². The summed E-state index contributed by atoms with van der Waals surface area (Å²) in [6, 6.07) is 9.38. The first kappa shape index (κ1) is 23.6. The van der Waals surface area contributed by atoms with Crippen LogP contribution in [0, 0.1) is 17.2 Å². The highest BCUT2D eigenvalue weighted by molar-refractivity contribution is 6.31. The molecule has 1 aliphatic rings. The SMILES string of the molecule is N#Cc1c(-c2ccc(CCCC3CCC(O)CC3)c(Cl)c2)ccn2c(CC(F)(F)F)cnc12. The molecule has 1 fully saturated rings. The van der Waals surface area contributed by atoms with Crippen molar-refractivity contribution >= 4 is 17.2 Å². The zero-order chi connectivity index (χ0) is 23.6. The van der Waals surface area contributed by atoms with Gasteiger partial charge in [-0.05, 0) is 67.7 Å². The van der Waals surface area contributed by atoms with Crippen LogP contribution in [0.5, 0.6) is 0 Å². The summed E-state index contributed by atoms with van der Waals surface area (Å²) in [7, 11) is 0. The zero-order valence-corrected chi connectivity index (χ0v) is 18.8. The number of aliphatic hydroxyl groups excluding tert-OH is 1. The van der Waals surface area contributed by atoms with E-state index in [9.17, 15) is 23.5 Å². The number of pyridine rings is 1. The zero-order valence-electron chi connectivity index (χ0n) is 18.1. The molecule has 0 bridgehead atoms. The van der Waals surface area contributed by atoms with E-state index in [0.29, 0.717) is 16.5 Å². The average Bonchev–Trinajstić information content (AvgIpc) is 3.16. The number of imidazole rings is 1. The molecule has 0 amide bonds. The van der Waals surface area contributed by atoms with Crippen LogP contribution >= 0.6 is 11.6 Å². The van der Waals surface area contributed by atoms with Gasteiger partial charge in [0.15, 0.2) is 5.65 Å². The summed E-state index contributed by atoms with van der Waals surface area (Å²) >= 11 is 6.55. The molecule has 0 unspecified atom stereocenters. The number of benzene rings is 1. The van der Waals surface area contributed by atoms with Gasteiger partial charge < -0.3 is 9.51 Å². The van der Waals surface area contributed by atoms with Crippen molar-refractivity contribution in [3.8, 4) is 17.2 Å². The molecule has 4 rings (SSSR count). The number of hydrogen-bond donors (Lipinski definition) is 1. The van der Waals surface area contributed by atoms with E-state index >= 15 is 0 Å². The summed E-state index contributed by atoms with van der Waals surface area (Å²) in [5.74, 6) is 0.660. The quantitative estimate of drug-likeness (QED) is 0.442. The van der Waals surface area contributed by atoms with Gasteiger partial charge in [-0.3, -0.25) is 0 Å². The second kappa shape index (κ2) is 9.74. The molecule has 1 N–H and O–H groups in total. The highest BCUT2D eigenvalue weighted by atomic mass is 35.5. The van der Waals surface area contributed by atoms with Crippen molar-refractivity contribution in [2.45, 2.75) is 63.6 Å². The maximum Gasteiger partial charge on any atom is 0.394 e. The highest BCUT2D eigenvalue weighted by Crippen LogP contribution is 2.33. The summed E-state index contributed by atoms with van der Waals surface area (Å²) in [4.78, 5) is 4.08. The van der Waals surface area contributed by atoms with E-state index in [4.69, 9.17) is 11.6 Å². The van der Waals surface area contributed by atoms with Crippen LogP contribution in [0.4, 0.5) is 13.2 Å². The van der Waals surface area contributed by atoms with E-state index in [0.717, 1.165) is 62.3 Å². The van der Waals surface area contributed by atoms with E-state index in [-0.39, 0.29) is 23.0 Å². The van der Waals surface area contributed by atoms with Crippen molar-refractivity contribution in [3.05, 3.63) is 58.5 Å². The standard InChI is InChI=1S/C25H25ClF3N3O/c26-23-12-18(7-6-17(23)3-1-2-16-4-8-20(33)9-5-16)21-10-11-32-19(13-25(27,28)29)15-31-24(32)22(21)14-30/h6-7,10-12,15-16,20,33H,1-5,8-9,13H2. The molecule has 1 aliphatic carbocycles. The van der Waals surface area contributed by atoms with Gasteiger partial charge in [0.2, 0.25) is 0 Å². The Morgan fingerprint density at radius 2 is 1.94 bits per heavy atom. The Labute approximate surface area is 195 Å². The normalized spacial score (nSPS) is 19.0. The third kappa shape index (κ3) is 5.51. The molecule has 0 atom stereocenters. The van der Waals surface area contributed by atoms with Crippen LogP contribution in [0.3, 0.4) is 0 Å². The molecule has 0 radical (unpaired) electrons. The number of nitriles is 1. The van der Waals surface area contributed by atoms with Crippen molar-refractivity contribution in [1.29, 1.82) is 5.26 Å². The third-order valence-corrected chi connectivity index (χ3v) is 6.84. The fourth-order valence-electron chi connectivity index (χ4n) is 4.72. The van der Waals surface area contributed by atoms with Crippen LogP contribution in [-0.4, -0.2) is 26.8 Å². The minimum absolute atomic E-state index is 0.0126. The van der Waals surface area contributed by atoms with Crippen molar-refractivity contribution in [2.24, 2.45) is 5.92 Å². The molecular formula is C25H25ClF3N3O. The fraction of sp³-hybridized carbons (Fsp3) is 0.440. The van der Waals surface area contributed by atoms with Gasteiger partial charge >= 0.3 is 6.18 Å². The topological polar surface area (TPSA) is 61.3 Å². The van der Waals surface area contributed by atoms with E-state index in [1.54, 1.807) is 12.1 Å². The van der Waals surface area contributed by atoms with Crippen molar-refractivity contribution in [2.75, 3.05) is 0 Å². The minimum atomic E-state index is -4.36. The summed E-state index contributed by atoms with van der Waals surface area (Å²) in [6.45, 7) is 0. The molecule has 3 aromatic rings. The van der Waals surface area contributed by atoms with E-state index in [1.807, 2.05) is 12.1 Å². The molecule has 1 saturated carbocycles. The maximum atomic E-state index is 12.8. The predicted molar refractivity (Wildman–Crippen MR) is 121 cm³/mol. The highest BCUT2D eigenvalue weighted by Gasteiger charge is 2.30. The number of rotatable bonds is 6. The number of alkyl halides is 3. The Kier molecular flexibility index (Phi) is 6.96. The van der Waals surface area contributed by atoms with Gasteiger partial charge in [0.05, 0.1) is 18.2 Å². The fourth-order valence-corrected chi connectivity index (χ4v) is 4.99. The lowest BCUT2D eigenvalue weighted by Gasteiger charge is -2.25. The first-order valence-corrected chi connectivity index (χ1v) is 11.6. The van der Waals surface area contributed by atoms with E-state index in [1.165, 1.54) is 10.6 Å². The average molecular weight is 476 g/mol. The van der Waals surface area contributed by atoms with Crippen molar-refractivity contribution in [3.63, 3.8) is 0 Å². The summed E-state index contributed by atoms with van der Waals surface area (Å²) in [6.07, 6.45) is 3.98. The van der Waals surface area contributed by atoms with E-state index in [2.05, 4.69) is 11.1 Å². The second-order valence-corrected chi connectivity index (χ2v) is 9.23. The molecule has 174 valence electrons. The Morgan fingerprint density at radius 1 is 1.18 bits per heavy atom. The maximum absolute atomic E-state index is 12.8. The lowest BCUT2D eigenvalue weighted by atomic mass is 9.84. The molecule has 0 aliphatic heterocycles. The van der Waals surface area contributed by atoms with Crippen LogP contribution in [0.15, 0.2) is 36.7 Å². The second-order valence-electron chi connectivity index (χ2n) is 8.82. The Hall–Kier alpha value is -2.56. The van der Waals surface area contributed by atoms with E-state index < -0.39 is 12.6 Å². The van der Waals surface area contributed by atoms with Crippen LogP contribution in [0.2, 0.25) is 5.02 Å². The first-order valence-electron chi connectivity index (χ1n) is 11.2. The van der Waals surface area contributed by atoms with Crippen LogP contribution in [-0.2, 0) is 12.8 Å². The largest absolute Gasteiger partial charge is 0.394 e. The molecule has 0 spiro atoms. The smallest absolute Gasteiger partial charge is 0.393 e. The molecule has 8 heteroatoms. The molecule has 1 aromatic carbocycles. The Morgan fingerprint density at radius 3 is 2.61 bits per heavy atom. The number of halogens is 4. The van der Waals surface area contributed by atoms with Gasteiger partial charge in [0.1, 0.15) is 11.6 Å². The predicted octanol–water partition coefficient (Wildman–Crippen LogP) is 6.50. The number of hydrogen-bond acceptors (Lipinski definition) is 3. The molecule has 4 nitrogen and oxygen atoms in total. The number of aliphatic hydroxyl groups is 1. The molecule has 0 saturated heterocycles. The van der Waals surface area contributed by atoms with Crippen molar-refractivity contribution < 1.29 is 18.3 Å². The number of aryl methyl sites for hydroxylation is 1.